The van der Waals surface area contributed by atoms with E-state index in [1.54, 1.807) is 13.3 Å². The molecule has 0 aliphatic heterocycles. The number of rotatable bonds is 5. The number of benzene rings is 1. The molecule has 4 unspecified atom stereocenters. The Kier molecular flexibility index (Phi) is 7.27. The van der Waals surface area contributed by atoms with Gasteiger partial charge in [-0.15, -0.1) is 11.3 Å². The van der Waals surface area contributed by atoms with Crippen LogP contribution in [0.25, 0.3) is 0 Å². The Morgan fingerprint density at radius 2 is 2.11 bits per heavy atom. The predicted molar refractivity (Wildman–Crippen MR) is 150 cm³/mol. The molecule has 9 heteroatoms. The van der Waals surface area contributed by atoms with E-state index in [0.29, 0.717) is 35.6 Å². The highest BCUT2D eigenvalue weighted by Gasteiger charge is 2.62. The van der Waals surface area contributed by atoms with E-state index in [0.717, 1.165) is 45.3 Å². The van der Waals surface area contributed by atoms with Crippen LogP contribution in [0.4, 0.5) is 5.13 Å². The second kappa shape index (κ2) is 9.84. The summed E-state index contributed by atoms with van der Waals surface area (Å²) in [5.41, 5.74) is 2.38. The number of nitrogens with one attached hydrogen (secondary N) is 1. The number of ether oxygens (including phenoxy) is 1. The number of hydrogen-bond donors (Lipinski definition) is 1. The first kappa shape index (κ1) is 25.9. The largest absolute Gasteiger partial charge is 0.494 e. The minimum absolute atomic E-state index is 0.0265. The Hall–Kier alpha value is -0.770. The zero-order valence-corrected chi connectivity index (χ0v) is 25.6. The number of aromatic nitrogens is 1. The highest BCUT2D eigenvalue weighted by molar-refractivity contribution is 9.11. The van der Waals surface area contributed by atoms with Gasteiger partial charge >= 0.3 is 0 Å². The van der Waals surface area contributed by atoms with Gasteiger partial charge in [-0.3, -0.25) is 9.59 Å². The zero-order chi connectivity index (χ0) is 25.1. The molecule has 1 aromatic heterocycles. The molecule has 188 valence electrons. The number of amides is 1. The van der Waals surface area contributed by atoms with Gasteiger partial charge in [0.15, 0.2) is 10.9 Å². The number of anilines is 1. The van der Waals surface area contributed by atoms with Crippen LogP contribution in [0.15, 0.2) is 21.2 Å². The van der Waals surface area contributed by atoms with Crippen LogP contribution >= 0.6 is 59.1 Å². The number of fused-ring (bicyclic) bond motifs is 5. The lowest BCUT2D eigenvalue weighted by Crippen LogP contribution is -2.44. The summed E-state index contributed by atoms with van der Waals surface area (Å²) in [5, 5.41) is 3.57. The average molecular weight is 689 g/mol. The van der Waals surface area contributed by atoms with E-state index in [9.17, 15) is 9.59 Å². The summed E-state index contributed by atoms with van der Waals surface area (Å²) in [4.78, 5) is 31.4. The maximum atomic E-state index is 13.5. The minimum Gasteiger partial charge on any atom is -0.494 e. The fraction of sp³-hybridized carbons (Fsp3) is 0.577. The summed E-state index contributed by atoms with van der Waals surface area (Å²) in [6.07, 6.45) is 6.78. The van der Waals surface area contributed by atoms with Gasteiger partial charge in [0.1, 0.15) is 5.75 Å². The summed E-state index contributed by atoms with van der Waals surface area (Å²) >= 11 is 12.8. The quantitative estimate of drug-likeness (QED) is 0.332. The monoisotopic (exact) mass is 686 g/mol. The molecule has 3 aliphatic rings. The van der Waals surface area contributed by atoms with Crippen molar-refractivity contribution >= 4 is 75.9 Å². The molecule has 0 spiro atoms. The van der Waals surface area contributed by atoms with E-state index >= 15 is 0 Å². The fourth-order valence-corrected chi connectivity index (χ4v) is 10.5. The first-order valence-electron chi connectivity index (χ1n) is 12.1. The molecular weight excluding hydrogens is 660 g/mol. The van der Waals surface area contributed by atoms with Crippen molar-refractivity contribution < 1.29 is 14.3 Å². The lowest BCUT2D eigenvalue weighted by atomic mass is 9.54. The van der Waals surface area contributed by atoms with E-state index in [2.05, 4.69) is 71.1 Å². The maximum absolute atomic E-state index is 13.5. The molecule has 1 heterocycles. The minimum atomic E-state index is -0.332. The highest BCUT2D eigenvalue weighted by Crippen LogP contribution is 2.64. The topological polar surface area (TPSA) is 68.3 Å². The maximum Gasteiger partial charge on any atom is 0.226 e. The normalized spacial score (nSPS) is 31.5. The molecule has 2 aromatic rings. The summed E-state index contributed by atoms with van der Waals surface area (Å²) in [6, 6.07) is 2.24. The second-order valence-electron chi connectivity index (χ2n) is 10.4. The summed E-state index contributed by atoms with van der Waals surface area (Å²) in [6.45, 7) is 4.15. The van der Waals surface area contributed by atoms with Crippen LogP contribution in [0.1, 0.15) is 60.9 Å². The molecule has 0 radical (unpaired) electrons. The number of carbonyl (C=O) groups excluding carboxylic acids is 2. The summed E-state index contributed by atoms with van der Waals surface area (Å²) in [5.74, 6) is 2.40. The molecule has 3 aliphatic carbocycles. The standard InChI is InChI=1S/C26H29Br3N2O3S/c1-12-11-30-25(35-12)31-19(32)7-6-16-20-14-4-5-15-17(10-18(27)23(34-3)21(15)28)13(14)8-9-26(20,2)24(33)22(16)29/h10-11,13-14,16,20,22H,4-9H2,1-3H3,(H,30,31,32)/t13?,14?,16-,20?,22?,26-/m0/s1. The molecule has 5 nitrogen and oxygen atoms in total. The Bertz CT molecular complexity index is 1180. The number of Topliss-reactive ketones (excluding diaryl/α,β-unsaturated/α-hetero) is 1. The number of hydrogen-bond acceptors (Lipinski definition) is 5. The molecule has 5 rings (SSSR count). The third-order valence-electron chi connectivity index (χ3n) is 8.55. The van der Waals surface area contributed by atoms with Gasteiger partial charge in [0.25, 0.3) is 0 Å². The molecule has 1 N–H and O–H groups in total. The number of alkyl halides is 1. The Balaban J connectivity index is 1.40. The van der Waals surface area contributed by atoms with Gasteiger partial charge in [-0.1, -0.05) is 22.9 Å². The summed E-state index contributed by atoms with van der Waals surface area (Å²) < 4.78 is 7.63. The first-order valence-corrected chi connectivity index (χ1v) is 15.4. The van der Waals surface area contributed by atoms with Gasteiger partial charge in [0.2, 0.25) is 5.91 Å². The molecule has 0 bridgehead atoms. The molecule has 1 aromatic carbocycles. The Morgan fingerprint density at radius 3 is 2.80 bits per heavy atom. The number of carbonyl (C=O) groups is 2. The van der Waals surface area contributed by atoms with Crippen molar-refractivity contribution in [2.24, 2.45) is 23.2 Å². The third kappa shape index (κ3) is 4.36. The number of thiazole rings is 1. The number of nitrogens with zero attached hydrogens (tertiary/aromatic N) is 1. The SMILES string of the molecule is COc1c(Br)cc2c(c1Br)CCC1C2CC[C@]2(C)C(=O)C(Br)[C@@H](CCC(=O)Nc3ncc(C)s3)C12. The number of methoxy groups -OCH3 is 1. The Labute approximate surface area is 235 Å². The van der Waals surface area contributed by atoms with E-state index in [4.69, 9.17) is 4.74 Å². The zero-order valence-electron chi connectivity index (χ0n) is 20.0. The van der Waals surface area contributed by atoms with Crippen LogP contribution in [-0.2, 0) is 16.0 Å². The molecule has 35 heavy (non-hydrogen) atoms. The van der Waals surface area contributed by atoms with Crippen molar-refractivity contribution in [3.8, 4) is 5.75 Å². The molecular formula is C26H29Br3N2O3S. The lowest BCUT2D eigenvalue weighted by molar-refractivity contribution is -0.129. The lowest BCUT2D eigenvalue weighted by Gasteiger charge is -2.50. The molecule has 1 amide bonds. The summed E-state index contributed by atoms with van der Waals surface area (Å²) in [7, 11) is 1.70. The van der Waals surface area contributed by atoms with Crippen molar-refractivity contribution in [2.75, 3.05) is 12.4 Å². The predicted octanol–water partition coefficient (Wildman–Crippen LogP) is 7.43. The van der Waals surface area contributed by atoms with E-state index in [1.807, 2.05) is 6.92 Å². The molecule has 2 saturated carbocycles. The molecule has 6 atom stereocenters. The van der Waals surface area contributed by atoms with Gasteiger partial charge in [-0.25, -0.2) is 4.98 Å². The number of aryl methyl sites for hydroxylation is 1. The van der Waals surface area contributed by atoms with E-state index in [1.165, 1.54) is 22.5 Å². The van der Waals surface area contributed by atoms with Crippen LogP contribution in [0, 0.1) is 30.1 Å². The van der Waals surface area contributed by atoms with Gasteiger partial charge in [0, 0.05) is 22.9 Å². The highest BCUT2D eigenvalue weighted by atomic mass is 79.9. The van der Waals surface area contributed by atoms with Crippen molar-refractivity contribution in [1.82, 2.24) is 4.98 Å². The fourth-order valence-electron chi connectivity index (χ4n) is 7.05. The van der Waals surface area contributed by atoms with Gasteiger partial charge in [-0.05, 0) is 112 Å². The third-order valence-corrected chi connectivity index (χ3v) is 11.9. The van der Waals surface area contributed by atoms with Gasteiger partial charge in [-0.2, -0.15) is 0 Å². The van der Waals surface area contributed by atoms with Gasteiger partial charge < -0.3 is 10.1 Å². The smallest absolute Gasteiger partial charge is 0.226 e. The van der Waals surface area contributed by atoms with Crippen molar-refractivity contribution in [3.05, 3.63) is 37.2 Å². The van der Waals surface area contributed by atoms with Crippen LogP contribution in [0.5, 0.6) is 5.75 Å². The van der Waals surface area contributed by atoms with E-state index in [-0.39, 0.29) is 28.0 Å². The first-order chi connectivity index (χ1) is 16.7. The van der Waals surface area contributed by atoms with Crippen LogP contribution in [0.3, 0.4) is 0 Å². The number of ketones is 1. The molecule has 0 saturated heterocycles. The second-order valence-corrected chi connectivity index (χ2v) is 14.2. The number of halogens is 3. The van der Waals surface area contributed by atoms with Crippen molar-refractivity contribution in [1.29, 1.82) is 0 Å². The average Bonchev–Trinajstić information content (AvgIpc) is 3.31. The van der Waals surface area contributed by atoms with Crippen molar-refractivity contribution in [2.45, 2.75) is 63.1 Å². The van der Waals surface area contributed by atoms with Crippen LogP contribution in [-0.4, -0.2) is 28.6 Å². The van der Waals surface area contributed by atoms with Crippen LogP contribution in [0.2, 0.25) is 0 Å². The van der Waals surface area contributed by atoms with E-state index < -0.39 is 0 Å². The van der Waals surface area contributed by atoms with Crippen molar-refractivity contribution in [3.63, 3.8) is 0 Å². The Morgan fingerprint density at radius 1 is 1.34 bits per heavy atom. The van der Waals surface area contributed by atoms with Crippen LogP contribution < -0.4 is 10.1 Å². The molecule has 2 fully saturated rings. The van der Waals surface area contributed by atoms with Gasteiger partial charge in [0.05, 0.1) is 20.9 Å².